The van der Waals surface area contributed by atoms with Gasteiger partial charge in [-0.05, 0) is 43.0 Å². The van der Waals surface area contributed by atoms with E-state index in [0.717, 1.165) is 31.5 Å². The first kappa shape index (κ1) is 16.2. The van der Waals surface area contributed by atoms with E-state index in [2.05, 4.69) is 11.8 Å². The molecule has 0 saturated carbocycles. The van der Waals surface area contributed by atoms with Crippen LogP contribution in [0.4, 0.5) is 17.6 Å². The molecule has 0 amide bonds. The Kier molecular flexibility index (Phi) is 4.88. The normalized spacial score (nSPS) is 24.3. The Labute approximate surface area is 121 Å². The predicted octanol–water partition coefficient (Wildman–Crippen LogP) is 3.40. The van der Waals surface area contributed by atoms with E-state index in [4.69, 9.17) is 5.73 Å². The molecule has 2 unspecified atom stereocenters. The average Bonchev–Trinajstić information content (AvgIpc) is 2.40. The Morgan fingerprint density at radius 3 is 2.67 bits per heavy atom. The monoisotopic (exact) mass is 304 g/mol. The maximum Gasteiger partial charge on any atom is 0.419 e. The number of hydrogen-bond donors (Lipinski definition) is 1. The van der Waals surface area contributed by atoms with Crippen LogP contribution in [0.1, 0.15) is 30.9 Å². The van der Waals surface area contributed by atoms with Crippen LogP contribution in [0.2, 0.25) is 0 Å². The molecular weight excluding hydrogens is 284 g/mol. The molecule has 21 heavy (non-hydrogen) atoms. The van der Waals surface area contributed by atoms with E-state index in [-0.39, 0.29) is 6.04 Å². The third-order valence-corrected chi connectivity index (χ3v) is 4.19. The van der Waals surface area contributed by atoms with Crippen molar-refractivity contribution in [1.29, 1.82) is 0 Å². The smallest absolute Gasteiger partial charge is 0.329 e. The summed E-state index contributed by atoms with van der Waals surface area (Å²) in [6.45, 7) is 3.77. The molecule has 1 aliphatic heterocycles. The minimum absolute atomic E-state index is 0.165. The van der Waals surface area contributed by atoms with Crippen LogP contribution in [0.25, 0.3) is 0 Å². The van der Waals surface area contributed by atoms with Crippen molar-refractivity contribution in [3.8, 4) is 0 Å². The third-order valence-electron chi connectivity index (χ3n) is 4.19. The highest BCUT2D eigenvalue weighted by molar-refractivity contribution is 5.27. The van der Waals surface area contributed by atoms with Gasteiger partial charge in [-0.1, -0.05) is 13.0 Å². The quantitative estimate of drug-likeness (QED) is 0.867. The van der Waals surface area contributed by atoms with Crippen molar-refractivity contribution in [2.45, 2.75) is 38.5 Å². The molecule has 6 heteroatoms. The Morgan fingerprint density at radius 2 is 2.05 bits per heavy atom. The maximum absolute atomic E-state index is 13.3. The summed E-state index contributed by atoms with van der Waals surface area (Å²) in [5.74, 6) is -0.806. The van der Waals surface area contributed by atoms with Crippen molar-refractivity contribution in [2.75, 3.05) is 13.1 Å². The SMILES string of the molecule is CC1CCCN(Cc2ccc(F)c(C(F)(F)F)c2)C1CN. The molecule has 2 nitrogen and oxygen atoms in total. The van der Waals surface area contributed by atoms with Gasteiger partial charge >= 0.3 is 6.18 Å². The molecule has 1 aromatic rings. The number of likely N-dealkylation sites (tertiary alicyclic amines) is 1. The molecular formula is C15H20F4N2. The van der Waals surface area contributed by atoms with Gasteiger partial charge in [0.25, 0.3) is 0 Å². The Bertz CT molecular complexity index is 487. The molecule has 0 radical (unpaired) electrons. The van der Waals surface area contributed by atoms with Crippen LogP contribution >= 0.6 is 0 Å². The summed E-state index contributed by atoms with van der Waals surface area (Å²) in [5, 5.41) is 0. The molecule has 2 atom stereocenters. The molecule has 0 aliphatic carbocycles. The fraction of sp³-hybridized carbons (Fsp3) is 0.600. The lowest BCUT2D eigenvalue weighted by atomic mass is 9.90. The van der Waals surface area contributed by atoms with Crippen LogP contribution in [-0.2, 0) is 12.7 Å². The second-order valence-corrected chi connectivity index (χ2v) is 5.70. The molecule has 2 rings (SSSR count). The van der Waals surface area contributed by atoms with Crippen molar-refractivity contribution in [1.82, 2.24) is 4.90 Å². The van der Waals surface area contributed by atoms with E-state index in [9.17, 15) is 17.6 Å². The fourth-order valence-corrected chi connectivity index (χ4v) is 3.03. The minimum atomic E-state index is -4.66. The van der Waals surface area contributed by atoms with Gasteiger partial charge in [0.1, 0.15) is 5.82 Å². The van der Waals surface area contributed by atoms with Crippen LogP contribution in [0.3, 0.4) is 0 Å². The van der Waals surface area contributed by atoms with Gasteiger partial charge < -0.3 is 5.73 Å². The highest BCUT2D eigenvalue weighted by Crippen LogP contribution is 2.32. The van der Waals surface area contributed by atoms with Crippen molar-refractivity contribution in [3.63, 3.8) is 0 Å². The first-order chi connectivity index (χ1) is 9.82. The lowest BCUT2D eigenvalue weighted by Crippen LogP contribution is -2.48. The van der Waals surface area contributed by atoms with Crippen LogP contribution in [-0.4, -0.2) is 24.0 Å². The van der Waals surface area contributed by atoms with Gasteiger partial charge in [-0.15, -0.1) is 0 Å². The number of hydrogen-bond acceptors (Lipinski definition) is 2. The van der Waals surface area contributed by atoms with Crippen molar-refractivity contribution < 1.29 is 17.6 Å². The largest absolute Gasteiger partial charge is 0.419 e. The Balaban J connectivity index is 2.19. The summed E-state index contributed by atoms with van der Waals surface area (Å²) in [7, 11) is 0. The first-order valence-corrected chi connectivity index (χ1v) is 7.12. The van der Waals surface area contributed by atoms with Gasteiger partial charge in [-0.2, -0.15) is 13.2 Å². The van der Waals surface area contributed by atoms with E-state index in [1.54, 1.807) is 0 Å². The molecule has 0 aromatic heterocycles. The zero-order valence-corrected chi connectivity index (χ0v) is 12.0. The lowest BCUT2D eigenvalue weighted by molar-refractivity contribution is -0.140. The highest BCUT2D eigenvalue weighted by atomic mass is 19.4. The van der Waals surface area contributed by atoms with Crippen molar-refractivity contribution in [2.24, 2.45) is 11.7 Å². The van der Waals surface area contributed by atoms with Crippen LogP contribution in [0, 0.1) is 11.7 Å². The number of nitrogens with two attached hydrogens (primary N) is 1. The molecule has 1 heterocycles. The zero-order valence-electron chi connectivity index (χ0n) is 12.0. The number of alkyl halides is 3. The predicted molar refractivity (Wildman–Crippen MR) is 73.1 cm³/mol. The maximum atomic E-state index is 13.3. The van der Waals surface area contributed by atoms with E-state index in [1.807, 2.05) is 0 Å². The van der Waals surface area contributed by atoms with Gasteiger partial charge in [0, 0.05) is 19.1 Å². The summed E-state index contributed by atoms with van der Waals surface area (Å²) in [6, 6.07) is 3.38. The Hall–Kier alpha value is -1.14. The van der Waals surface area contributed by atoms with Gasteiger partial charge in [-0.25, -0.2) is 4.39 Å². The molecule has 1 saturated heterocycles. The summed E-state index contributed by atoms with van der Waals surface area (Å²) in [5.41, 5.74) is 5.05. The van der Waals surface area contributed by atoms with Crippen molar-refractivity contribution in [3.05, 3.63) is 35.1 Å². The molecule has 1 aliphatic rings. The average molecular weight is 304 g/mol. The van der Waals surface area contributed by atoms with Crippen molar-refractivity contribution >= 4 is 0 Å². The van der Waals surface area contributed by atoms with E-state index >= 15 is 0 Å². The number of benzene rings is 1. The van der Waals surface area contributed by atoms with E-state index in [1.165, 1.54) is 6.07 Å². The number of piperidine rings is 1. The topological polar surface area (TPSA) is 29.3 Å². The van der Waals surface area contributed by atoms with Crippen LogP contribution < -0.4 is 5.73 Å². The highest BCUT2D eigenvalue weighted by Gasteiger charge is 2.34. The Morgan fingerprint density at radius 1 is 1.33 bits per heavy atom. The molecule has 0 bridgehead atoms. The van der Waals surface area contributed by atoms with Gasteiger partial charge in [0.2, 0.25) is 0 Å². The van der Waals surface area contributed by atoms with Gasteiger partial charge in [-0.3, -0.25) is 4.90 Å². The number of rotatable bonds is 3. The standard InChI is InChI=1S/C15H20F4N2/c1-10-3-2-6-21(14(10)8-20)9-11-4-5-13(16)12(7-11)15(17,18)19/h4-5,7,10,14H,2-3,6,8-9,20H2,1H3. The molecule has 1 fully saturated rings. The number of halogens is 4. The second-order valence-electron chi connectivity index (χ2n) is 5.70. The number of nitrogens with zero attached hydrogens (tertiary/aromatic N) is 1. The van der Waals surface area contributed by atoms with Crippen LogP contribution in [0.15, 0.2) is 18.2 Å². The molecule has 0 spiro atoms. The summed E-state index contributed by atoms with van der Waals surface area (Å²) >= 11 is 0. The van der Waals surface area contributed by atoms with Crippen LogP contribution in [0.5, 0.6) is 0 Å². The van der Waals surface area contributed by atoms with Gasteiger partial charge in [0.15, 0.2) is 0 Å². The summed E-state index contributed by atoms with van der Waals surface area (Å²) in [4.78, 5) is 2.10. The molecule has 1 aromatic carbocycles. The molecule has 2 N–H and O–H groups in total. The summed E-state index contributed by atoms with van der Waals surface area (Å²) < 4.78 is 51.5. The molecule has 118 valence electrons. The summed E-state index contributed by atoms with van der Waals surface area (Å²) in [6.07, 6.45) is -2.58. The second kappa shape index (κ2) is 6.32. The van der Waals surface area contributed by atoms with E-state index < -0.39 is 17.6 Å². The first-order valence-electron chi connectivity index (χ1n) is 7.12. The van der Waals surface area contributed by atoms with E-state index in [0.29, 0.717) is 24.6 Å². The third kappa shape index (κ3) is 3.74. The lowest BCUT2D eigenvalue weighted by Gasteiger charge is -2.39. The minimum Gasteiger partial charge on any atom is -0.329 e. The fourth-order valence-electron chi connectivity index (χ4n) is 3.03. The van der Waals surface area contributed by atoms with Gasteiger partial charge in [0.05, 0.1) is 5.56 Å². The zero-order chi connectivity index (χ0) is 15.6.